The van der Waals surface area contributed by atoms with E-state index in [2.05, 4.69) is 0 Å². The fourth-order valence-electron chi connectivity index (χ4n) is 1.24. The molecule has 0 atom stereocenters. The molecule has 1 rings (SSSR count). The minimum atomic E-state index is -3.29. The zero-order valence-electron chi connectivity index (χ0n) is 8.26. The van der Waals surface area contributed by atoms with E-state index in [0.717, 1.165) is 0 Å². The SMILES string of the molecule is O=[N+]([O-])C1([N+](=O)[O-])CC([N+](=O)[O-])([N+](=O)[O-])NNN1. The smallest absolute Gasteiger partial charge is 0.257 e. The maximum atomic E-state index is 10.6. The average Bonchev–Trinajstić information content (AvgIpc) is 2.27. The van der Waals surface area contributed by atoms with Crippen molar-refractivity contribution < 1.29 is 19.7 Å². The van der Waals surface area contributed by atoms with Gasteiger partial charge in [-0.3, -0.25) is 40.5 Å². The molecule has 0 aromatic rings. The van der Waals surface area contributed by atoms with E-state index in [1.807, 2.05) is 0 Å². The van der Waals surface area contributed by atoms with Gasteiger partial charge in [0, 0.05) is 0 Å². The Labute approximate surface area is 95.7 Å². The third-order valence-electron chi connectivity index (χ3n) is 2.23. The maximum Gasteiger partial charge on any atom is 0.550 e. The lowest BCUT2D eigenvalue weighted by Gasteiger charge is -2.27. The van der Waals surface area contributed by atoms with Crippen molar-refractivity contribution in [1.29, 1.82) is 0 Å². The minimum Gasteiger partial charge on any atom is -0.257 e. The molecule has 1 fully saturated rings. The van der Waals surface area contributed by atoms with Gasteiger partial charge in [0.25, 0.3) is 6.42 Å². The van der Waals surface area contributed by atoms with E-state index < -0.39 is 37.7 Å². The second-order valence-corrected chi connectivity index (χ2v) is 3.21. The summed E-state index contributed by atoms with van der Waals surface area (Å²) in [5.41, 5.74) is 4.58. The molecule has 100 valence electrons. The van der Waals surface area contributed by atoms with Gasteiger partial charge >= 0.3 is 11.6 Å². The number of nitrogens with zero attached hydrogens (tertiary/aromatic N) is 4. The van der Waals surface area contributed by atoms with Crippen LogP contribution in [0.4, 0.5) is 0 Å². The van der Waals surface area contributed by atoms with Gasteiger partial charge in [0.1, 0.15) is 19.7 Å². The lowest BCUT2D eigenvalue weighted by molar-refractivity contribution is -0.866. The van der Waals surface area contributed by atoms with Crippen LogP contribution in [-0.4, -0.2) is 31.3 Å². The number of nitrogens with one attached hydrogen (secondary N) is 3. The first-order valence-electron chi connectivity index (χ1n) is 4.06. The summed E-state index contributed by atoms with van der Waals surface area (Å²) in [6, 6.07) is 0. The molecule has 1 heterocycles. The highest BCUT2D eigenvalue weighted by Gasteiger charge is 2.76. The fraction of sp³-hybridized carbons (Fsp3) is 1.00. The van der Waals surface area contributed by atoms with Crippen LogP contribution in [0.1, 0.15) is 6.42 Å². The van der Waals surface area contributed by atoms with Crippen molar-refractivity contribution in [1.82, 2.24) is 16.4 Å². The largest absolute Gasteiger partial charge is 0.550 e. The van der Waals surface area contributed by atoms with E-state index in [9.17, 15) is 40.5 Å². The van der Waals surface area contributed by atoms with E-state index in [1.165, 1.54) is 16.4 Å². The summed E-state index contributed by atoms with van der Waals surface area (Å²) >= 11 is 0. The van der Waals surface area contributed by atoms with Crippen LogP contribution in [0.15, 0.2) is 0 Å². The van der Waals surface area contributed by atoms with E-state index in [0.29, 0.717) is 0 Å². The summed E-state index contributed by atoms with van der Waals surface area (Å²) in [4.78, 5) is 36.6. The molecule has 0 unspecified atom stereocenters. The van der Waals surface area contributed by atoms with Crippen molar-refractivity contribution >= 4 is 0 Å². The Bertz CT molecular complexity index is 366. The van der Waals surface area contributed by atoms with Gasteiger partial charge in [-0.2, -0.15) is 5.53 Å². The van der Waals surface area contributed by atoms with Crippen LogP contribution in [0, 0.1) is 40.5 Å². The number of hydrogen-bond acceptors (Lipinski definition) is 11. The Morgan fingerprint density at radius 2 is 1.00 bits per heavy atom. The van der Waals surface area contributed by atoms with Gasteiger partial charge in [-0.15, -0.1) is 10.9 Å². The van der Waals surface area contributed by atoms with Crippen molar-refractivity contribution in [3.63, 3.8) is 0 Å². The van der Waals surface area contributed by atoms with Gasteiger partial charge in [0.05, 0.1) is 0 Å². The highest BCUT2D eigenvalue weighted by Crippen LogP contribution is 2.25. The average molecular weight is 267 g/mol. The Morgan fingerprint density at radius 1 is 0.722 bits per heavy atom. The van der Waals surface area contributed by atoms with Crippen LogP contribution < -0.4 is 16.4 Å². The number of hydrogen-bond donors (Lipinski definition) is 3. The molecule has 15 nitrogen and oxygen atoms in total. The summed E-state index contributed by atoms with van der Waals surface area (Å²) in [5, 5.41) is 42.6. The Kier molecular flexibility index (Phi) is 3.05. The molecule has 0 spiro atoms. The van der Waals surface area contributed by atoms with Crippen LogP contribution in [0.25, 0.3) is 0 Å². The van der Waals surface area contributed by atoms with Crippen molar-refractivity contribution in [2.75, 3.05) is 0 Å². The van der Waals surface area contributed by atoms with E-state index in [-0.39, 0.29) is 0 Å². The molecule has 1 saturated heterocycles. The molecule has 0 aromatic heterocycles. The minimum absolute atomic E-state index is 1.50. The summed E-state index contributed by atoms with van der Waals surface area (Å²) in [5.74, 6) is -6.57. The normalized spacial score (nSPS) is 20.9. The van der Waals surface area contributed by atoms with Crippen LogP contribution in [0.3, 0.4) is 0 Å². The zero-order chi connectivity index (χ0) is 14.1. The predicted molar refractivity (Wildman–Crippen MR) is 47.5 cm³/mol. The highest BCUT2D eigenvalue weighted by molar-refractivity contribution is 4.77. The quantitative estimate of drug-likeness (QED) is 0.273. The van der Waals surface area contributed by atoms with Gasteiger partial charge in [-0.25, -0.2) is 0 Å². The maximum absolute atomic E-state index is 10.6. The molecule has 0 radical (unpaired) electrons. The van der Waals surface area contributed by atoms with Crippen LogP contribution >= 0.6 is 0 Å². The van der Waals surface area contributed by atoms with E-state index >= 15 is 0 Å². The van der Waals surface area contributed by atoms with Crippen LogP contribution in [-0.2, 0) is 0 Å². The van der Waals surface area contributed by atoms with Gasteiger partial charge < -0.3 is 0 Å². The molecule has 0 saturated carbocycles. The monoisotopic (exact) mass is 267 g/mol. The summed E-state index contributed by atoms with van der Waals surface area (Å²) in [7, 11) is 0. The Hall–Kier alpha value is -2.52. The third-order valence-corrected chi connectivity index (χ3v) is 2.23. The summed E-state index contributed by atoms with van der Waals surface area (Å²) < 4.78 is 0. The molecule has 0 aromatic carbocycles. The van der Waals surface area contributed by atoms with E-state index in [1.54, 1.807) is 0 Å². The number of hydrazine groups is 2. The fourth-order valence-corrected chi connectivity index (χ4v) is 1.24. The first-order chi connectivity index (χ1) is 8.19. The summed E-state index contributed by atoms with van der Waals surface area (Å²) in [6.45, 7) is 0. The lowest BCUT2D eigenvalue weighted by Crippen LogP contribution is -2.80. The molecule has 0 amide bonds. The van der Waals surface area contributed by atoms with Gasteiger partial charge in [0.2, 0.25) is 0 Å². The number of nitro groups is 4. The second kappa shape index (κ2) is 4.05. The molecule has 15 heteroatoms. The third kappa shape index (κ3) is 1.67. The lowest BCUT2D eigenvalue weighted by atomic mass is 10.1. The highest BCUT2D eigenvalue weighted by atomic mass is 16.7. The summed E-state index contributed by atoms with van der Waals surface area (Å²) in [6.07, 6.45) is -1.63. The predicted octanol–water partition coefficient (Wildman–Crippen LogP) is -2.60. The molecule has 18 heavy (non-hydrogen) atoms. The van der Waals surface area contributed by atoms with Gasteiger partial charge in [-0.1, -0.05) is 0 Å². The molecular weight excluding hydrogens is 262 g/mol. The molecule has 1 aliphatic rings. The number of rotatable bonds is 4. The molecule has 3 N–H and O–H groups in total. The Balaban J connectivity index is 3.30. The zero-order valence-corrected chi connectivity index (χ0v) is 8.26. The van der Waals surface area contributed by atoms with Gasteiger partial charge in [-0.05, 0) is 0 Å². The van der Waals surface area contributed by atoms with Crippen molar-refractivity contribution in [2.45, 2.75) is 18.0 Å². The van der Waals surface area contributed by atoms with Crippen molar-refractivity contribution in [3.05, 3.63) is 40.5 Å². The van der Waals surface area contributed by atoms with Crippen LogP contribution in [0.5, 0.6) is 0 Å². The Morgan fingerprint density at radius 3 is 1.22 bits per heavy atom. The van der Waals surface area contributed by atoms with Crippen molar-refractivity contribution in [3.8, 4) is 0 Å². The molecule has 1 aliphatic heterocycles. The molecule has 0 bridgehead atoms. The second-order valence-electron chi connectivity index (χ2n) is 3.21. The van der Waals surface area contributed by atoms with E-state index in [4.69, 9.17) is 0 Å². The van der Waals surface area contributed by atoms with Crippen LogP contribution in [0.2, 0.25) is 0 Å². The topological polar surface area (TPSA) is 209 Å². The first kappa shape index (κ1) is 13.5. The van der Waals surface area contributed by atoms with Gasteiger partial charge in [0.15, 0.2) is 0 Å². The molecular formula is C3H5N7O8. The standard InChI is InChI=1S/C3H5N7O8/c11-7(12)2(8(13)14)1-3(9(15)16,10(17)18)5-6-4-2/h4-6H,1H2. The van der Waals surface area contributed by atoms with Crippen molar-refractivity contribution in [2.24, 2.45) is 0 Å². The first-order valence-corrected chi connectivity index (χ1v) is 4.06. The molecule has 0 aliphatic carbocycles.